The summed E-state index contributed by atoms with van der Waals surface area (Å²) in [6.07, 6.45) is 0.311. The van der Waals surface area contributed by atoms with Gasteiger partial charge in [0, 0.05) is 28.7 Å². The first kappa shape index (κ1) is 21.9. The molecule has 0 unspecified atom stereocenters. The number of carbonyl (C=O) groups is 1. The van der Waals surface area contributed by atoms with Crippen molar-refractivity contribution in [2.24, 2.45) is 0 Å². The molecule has 0 aliphatic carbocycles. The van der Waals surface area contributed by atoms with E-state index >= 15 is 0 Å². The molecule has 2 heterocycles. The zero-order valence-electron chi connectivity index (χ0n) is 16.6. The second kappa shape index (κ2) is 8.30. The smallest absolute Gasteiger partial charge is 0.290 e. The number of aryl methyl sites for hydroxylation is 1. The zero-order chi connectivity index (χ0) is 22.3. The van der Waals surface area contributed by atoms with Crippen LogP contribution in [-0.4, -0.2) is 36.8 Å². The molecule has 1 fully saturated rings. The Balaban J connectivity index is 1.77. The molecule has 162 valence electrons. The summed E-state index contributed by atoms with van der Waals surface area (Å²) in [6, 6.07) is 10.7. The molecule has 1 aliphatic rings. The van der Waals surface area contributed by atoms with Crippen molar-refractivity contribution in [3.8, 4) is 0 Å². The molecule has 3 aromatic rings. The Morgan fingerprint density at radius 2 is 1.90 bits per heavy atom. The Labute approximate surface area is 189 Å². The lowest BCUT2D eigenvalue weighted by atomic mass is 10.1. The number of amides is 1. The minimum atomic E-state index is -3.25. The number of hydrogen-bond donors (Lipinski definition) is 0. The van der Waals surface area contributed by atoms with Gasteiger partial charge in [0.1, 0.15) is 5.58 Å². The number of carbonyl (C=O) groups excluding carboxylic acids is 1. The molecule has 0 N–H and O–H groups in total. The fraction of sp³-hybridized carbons (Fsp3) is 0.273. The van der Waals surface area contributed by atoms with E-state index in [-0.39, 0.29) is 34.8 Å². The first-order valence-corrected chi connectivity index (χ1v) is 12.2. The predicted molar refractivity (Wildman–Crippen MR) is 121 cm³/mol. The lowest BCUT2D eigenvalue weighted by Crippen LogP contribution is -2.41. The van der Waals surface area contributed by atoms with Crippen molar-refractivity contribution in [2.75, 3.05) is 11.5 Å². The summed E-state index contributed by atoms with van der Waals surface area (Å²) in [5.41, 5.74) is 1.22. The van der Waals surface area contributed by atoms with Crippen LogP contribution in [0.4, 0.5) is 0 Å². The van der Waals surface area contributed by atoms with E-state index in [9.17, 15) is 18.0 Å². The minimum Gasteiger partial charge on any atom is -0.451 e. The average Bonchev–Trinajstić information content (AvgIpc) is 3.07. The van der Waals surface area contributed by atoms with Gasteiger partial charge in [0.25, 0.3) is 5.91 Å². The number of sulfone groups is 1. The number of fused-ring (bicyclic) bond motifs is 1. The maximum atomic E-state index is 13.4. The van der Waals surface area contributed by atoms with Gasteiger partial charge in [-0.25, -0.2) is 8.42 Å². The van der Waals surface area contributed by atoms with E-state index in [1.807, 2.05) is 0 Å². The maximum absolute atomic E-state index is 13.4. The van der Waals surface area contributed by atoms with Crippen LogP contribution in [0.25, 0.3) is 11.0 Å². The first-order chi connectivity index (χ1) is 14.6. The zero-order valence-corrected chi connectivity index (χ0v) is 18.9. The molecule has 1 amide bonds. The molecule has 1 saturated heterocycles. The third-order valence-corrected chi connectivity index (χ3v) is 7.95. The van der Waals surface area contributed by atoms with Crippen LogP contribution in [0.2, 0.25) is 10.0 Å². The van der Waals surface area contributed by atoms with Crippen LogP contribution >= 0.6 is 23.2 Å². The first-order valence-electron chi connectivity index (χ1n) is 9.63. The van der Waals surface area contributed by atoms with Crippen molar-refractivity contribution in [3.63, 3.8) is 0 Å². The molecule has 0 saturated carbocycles. The molecule has 31 heavy (non-hydrogen) atoms. The Morgan fingerprint density at radius 1 is 1.16 bits per heavy atom. The van der Waals surface area contributed by atoms with Crippen LogP contribution in [-0.2, 0) is 16.4 Å². The van der Waals surface area contributed by atoms with Crippen LogP contribution in [0.5, 0.6) is 0 Å². The second-order valence-electron chi connectivity index (χ2n) is 7.65. The van der Waals surface area contributed by atoms with Crippen molar-refractivity contribution >= 4 is 49.9 Å². The second-order valence-corrected chi connectivity index (χ2v) is 10.7. The molecule has 1 aromatic heterocycles. The molecule has 2 aromatic carbocycles. The lowest BCUT2D eigenvalue weighted by molar-refractivity contribution is 0.0648. The molecule has 0 spiro atoms. The van der Waals surface area contributed by atoms with E-state index in [1.165, 1.54) is 11.0 Å². The van der Waals surface area contributed by atoms with Crippen molar-refractivity contribution in [3.05, 3.63) is 79.6 Å². The summed E-state index contributed by atoms with van der Waals surface area (Å²) < 4.78 is 29.9. The van der Waals surface area contributed by atoms with Gasteiger partial charge >= 0.3 is 0 Å². The van der Waals surface area contributed by atoms with E-state index < -0.39 is 27.2 Å². The fourth-order valence-electron chi connectivity index (χ4n) is 3.72. The quantitative estimate of drug-likeness (QED) is 0.558. The highest BCUT2D eigenvalue weighted by atomic mass is 35.5. The molecule has 1 aliphatic heterocycles. The van der Waals surface area contributed by atoms with Crippen LogP contribution in [0.1, 0.15) is 28.1 Å². The van der Waals surface area contributed by atoms with Crippen LogP contribution in [0.3, 0.4) is 0 Å². The standard InChI is InChI=1S/C22H19Cl2NO5S/c1-13-8-20-16(9-18(13)24)19(26)10-21(30-20)22(27)25(15-6-7-31(28,29)12-15)11-14-4-2-3-5-17(14)23/h2-5,8-10,15H,6-7,11-12H2,1H3/t15-/m0/s1. The number of rotatable bonds is 4. The Bertz CT molecular complexity index is 1350. The van der Waals surface area contributed by atoms with Gasteiger partial charge in [0.05, 0.1) is 16.9 Å². The molecule has 6 nitrogen and oxygen atoms in total. The molecule has 0 radical (unpaired) electrons. The number of nitrogens with zero attached hydrogens (tertiary/aromatic N) is 1. The SMILES string of the molecule is Cc1cc2oc(C(=O)N(Cc3ccccc3Cl)[C@H]3CCS(=O)(=O)C3)cc(=O)c2cc1Cl. The van der Waals surface area contributed by atoms with Crippen LogP contribution < -0.4 is 5.43 Å². The van der Waals surface area contributed by atoms with E-state index in [0.717, 1.165) is 6.07 Å². The van der Waals surface area contributed by atoms with E-state index in [0.29, 0.717) is 27.6 Å². The largest absolute Gasteiger partial charge is 0.451 e. The Kier molecular flexibility index (Phi) is 5.85. The summed E-state index contributed by atoms with van der Waals surface area (Å²) in [5, 5.41) is 1.16. The predicted octanol–water partition coefficient (Wildman–Crippen LogP) is 4.24. The Morgan fingerprint density at radius 3 is 2.58 bits per heavy atom. The molecule has 1 atom stereocenters. The molecule has 0 bridgehead atoms. The van der Waals surface area contributed by atoms with Gasteiger partial charge in [0.2, 0.25) is 0 Å². The summed E-state index contributed by atoms with van der Waals surface area (Å²) in [5.74, 6) is -0.858. The summed E-state index contributed by atoms with van der Waals surface area (Å²) >= 11 is 12.4. The average molecular weight is 480 g/mol. The summed E-state index contributed by atoms with van der Waals surface area (Å²) in [7, 11) is -3.25. The third kappa shape index (κ3) is 4.49. The van der Waals surface area contributed by atoms with Gasteiger partial charge in [-0.15, -0.1) is 0 Å². The normalized spacial score (nSPS) is 17.7. The van der Waals surface area contributed by atoms with Gasteiger partial charge in [0.15, 0.2) is 21.0 Å². The minimum absolute atomic E-state index is 0.00330. The van der Waals surface area contributed by atoms with E-state index in [4.69, 9.17) is 27.6 Å². The molecule has 9 heteroatoms. The molecule has 4 rings (SSSR count). The summed E-state index contributed by atoms with van der Waals surface area (Å²) in [4.78, 5) is 27.5. The number of hydrogen-bond acceptors (Lipinski definition) is 5. The van der Waals surface area contributed by atoms with Crippen molar-refractivity contribution in [2.45, 2.75) is 25.9 Å². The van der Waals surface area contributed by atoms with Gasteiger partial charge < -0.3 is 9.32 Å². The van der Waals surface area contributed by atoms with Gasteiger partial charge in [-0.05, 0) is 42.7 Å². The van der Waals surface area contributed by atoms with Crippen LogP contribution in [0, 0.1) is 6.92 Å². The van der Waals surface area contributed by atoms with E-state index in [2.05, 4.69) is 0 Å². The number of benzene rings is 2. The highest BCUT2D eigenvalue weighted by Crippen LogP contribution is 2.27. The van der Waals surface area contributed by atoms with Gasteiger partial charge in [-0.3, -0.25) is 9.59 Å². The maximum Gasteiger partial charge on any atom is 0.290 e. The topological polar surface area (TPSA) is 84.7 Å². The lowest BCUT2D eigenvalue weighted by Gasteiger charge is -2.28. The highest BCUT2D eigenvalue weighted by Gasteiger charge is 2.36. The van der Waals surface area contributed by atoms with Crippen molar-refractivity contribution < 1.29 is 17.6 Å². The molecular weight excluding hydrogens is 461 g/mol. The van der Waals surface area contributed by atoms with Crippen molar-refractivity contribution in [1.82, 2.24) is 4.90 Å². The third-order valence-electron chi connectivity index (χ3n) is 5.43. The monoisotopic (exact) mass is 479 g/mol. The fourth-order valence-corrected chi connectivity index (χ4v) is 5.81. The van der Waals surface area contributed by atoms with Crippen molar-refractivity contribution in [1.29, 1.82) is 0 Å². The van der Waals surface area contributed by atoms with E-state index in [1.54, 1.807) is 37.3 Å². The number of halogens is 2. The Hall–Kier alpha value is -2.35. The van der Waals surface area contributed by atoms with Gasteiger partial charge in [-0.1, -0.05) is 41.4 Å². The van der Waals surface area contributed by atoms with Gasteiger partial charge in [-0.2, -0.15) is 0 Å². The molecular formula is C22H19Cl2NO5S. The highest BCUT2D eigenvalue weighted by molar-refractivity contribution is 7.91. The van der Waals surface area contributed by atoms with Crippen LogP contribution in [0.15, 0.2) is 51.7 Å². The summed E-state index contributed by atoms with van der Waals surface area (Å²) in [6.45, 7) is 1.86.